The summed E-state index contributed by atoms with van der Waals surface area (Å²) < 4.78 is 0. The van der Waals surface area contributed by atoms with Crippen molar-refractivity contribution in [2.45, 2.75) is 31.7 Å². The summed E-state index contributed by atoms with van der Waals surface area (Å²) in [5.41, 5.74) is 0. The molecule has 1 aliphatic heterocycles. The maximum atomic E-state index is 3.60. The fraction of sp³-hybridized carbons (Fsp3) is 1.00. The van der Waals surface area contributed by atoms with Crippen molar-refractivity contribution in [2.24, 2.45) is 0 Å². The Labute approximate surface area is 92.8 Å². The van der Waals surface area contributed by atoms with Crippen LogP contribution in [-0.2, 0) is 0 Å². The van der Waals surface area contributed by atoms with E-state index in [0.717, 1.165) is 6.04 Å². The van der Waals surface area contributed by atoms with Crippen LogP contribution >= 0.6 is 11.8 Å². The first kappa shape index (κ1) is 12.3. The lowest BCUT2D eigenvalue weighted by Gasteiger charge is -2.25. The SMILES string of the molecule is CSCCN(C)CCC1CCCCN1. The van der Waals surface area contributed by atoms with Crippen molar-refractivity contribution in [1.29, 1.82) is 0 Å². The zero-order valence-electron chi connectivity index (χ0n) is 9.59. The normalized spacial score (nSPS) is 22.9. The van der Waals surface area contributed by atoms with Crippen LogP contribution in [0.4, 0.5) is 0 Å². The van der Waals surface area contributed by atoms with Gasteiger partial charge in [0, 0.05) is 18.3 Å². The molecule has 0 aromatic heterocycles. The summed E-state index contributed by atoms with van der Waals surface area (Å²) in [6.45, 7) is 3.71. The van der Waals surface area contributed by atoms with Crippen molar-refractivity contribution < 1.29 is 0 Å². The van der Waals surface area contributed by atoms with E-state index in [1.807, 2.05) is 11.8 Å². The molecular formula is C11H24N2S. The van der Waals surface area contributed by atoms with Crippen molar-refractivity contribution in [3.05, 3.63) is 0 Å². The fourth-order valence-corrected chi connectivity index (χ4v) is 2.40. The molecule has 3 heteroatoms. The molecule has 84 valence electrons. The molecule has 0 bridgehead atoms. The predicted molar refractivity (Wildman–Crippen MR) is 66.1 cm³/mol. The second-order valence-electron chi connectivity index (χ2n) is 4.23. The highest BCUT2D eigenvalue weighted by Gasteiger charge is 2.12. The van der Waals surface area contributed by atoms with Crippen LogP contribution in [-0.4, -0.2) is 49.6 Å². The van der Waals surface area contributed by atoms with E-state index in [1.54, 1.807) is 0 Å². The van der Waals surface area contributed by atoms with Gasteiger partial charge in [-0.2, -0.15) is 11.8 Å². The zero-order valence-corrected chi connectivity index (χ0v) is 10.4. The minimum atomic E-state index is 0.792. The maximum absolute atomic E-state index is 3.60. The van der Waals surface area contributed by atoms with Gasteiger partial charge in [0.1, 0.15) is 0 Å². The van der Waals surface area contributed by atoms with Gasteiger partial charge in [0.05, 0.1) is 0 Å². The first-order valence-electron chi connectivity index (χ1n) is 5.74. The van der Waals surface area contributed by atoms with Gasteiger partial charge in [0.15, 0.2) is 0 Å². The van der Waals surface area contributed by atoms with Crippen LogP contribution in [0, 0.1) is 0 Å². The van der Waals surface area contributed by atoms with E-state index >= 15 is 0 Å². The fourth-order valence-electron chi connectivity index (χ4n) is 1.91. The molecule has 1 fully saturated rings. The molecule has 1 heterocycles. The molecule has 1 unspecified atom stereocenters. The summed E-state index contributed by atoms with van der Waals surface area (Å²) in [7, 11) is 2.24. The third-order valence-electron chi connectivity index (χ3n) is 2.95. The van der Waals surface area contributed by atoms with Gasteiger partial charge in [-0.15, -0.1) is 0 Å². The molecule has 1 rings (SSSR count). The summed E-state index contributed by atoms with van der Waals surface area (Å²) in [5, 5.41) is 3.60. The van der Waals surface area contributed by atoms with Gasteiger partial charge in [-0.3, -0.25) is 0 Å². The Morgan fingerprint density at radius 3 is 2.86 bits per heavy atom. The van der Waals surface area contributed by atoms with E-state index in [2.05, 4.69) is 23.5 Å². The molecule has 0 saturated carbocycles. The lowest BCUT2D eigenvalue weighted by atomic mass is 10.0. The quantitative estimate of drug-likeness (QED) is 0.729. The molecule has 0 spiro atoms. The molecule has 14 heavy (non-hydrogen) atoms. The van der Waals surface area contributed by atoms with Gasteiger partial charge in [-0.05, 0) is 45.7 Å². The summed E-state index contributed by atoms with van der Waals surface area (Å²) in [6.07, 6.45) is 7.68. The number of rotatable bonds is 6. The van der Waals surface area contributed by atoms with Crippen molar-refractivity contribution >= 4 is 11.8 Å². The van der Waals surface area contributed by atoms with E-state index in [-0.39, 0.29) is 0 Å². The summed E-state index contributed by atoms with van der Waals surface area (Å²) in [6, 6.07) is 0.792. The molecule has 0 aromatic carbocycles. The van der Waals surface area contributed by atoms with Gasteiger partial charge in [-0.1, -0.05) is 6.42 Å². The van der Waals surface area contributed by atoms with Crippen LogP contribution < -0.4 is 5.32 Å². The molecule has 0 amide bonds. The lowest BCUT2D eigenvalue weighted by Crippen LogP contribution is -2.37. The van der Waals surface area contributed by atoms with Crippen LogP contribution in [0.15, 0.2) is 0 Å². The molecular weight excluding hydrogens is 192 g/mol. The van der Waals surface area contributed by atoms with Gasteiger partial charge in [-0.25, -0.2) is 0 Å². The second-order valence-corrected chi connectivity index (χ2v) is 5.22. The Morgan fingerprint density at radius 1 is 1.36 bits per heavy atom. The van der Waals surface area contributed by atoms with Gasteiger partial charge in [0.25, 0.3) is 0 Å². The molecule has 2 nitrogen and oxygen atoms in total. The third-order valence-corrected chi connectivity index (χ3v) is 3.54. The van der Waals surface area contributed by atoms with E-state index in [4.69, 9.17) is 0 Å². The van der Waals surface area contributed by atoms with Crippen LogP contribution in [0.2, 0.25) is 0 Å². The van der Waals surface area contributed by atoms with E-state index < -0.39 is 0 Å². The molecule has 0 radical (unpaired) electrons. The minimum Gasteiger partial charge on any atom is -0.314 e. The maximum Gasteiger partial charge on any atom is 0.00792 e. The molecule has 0 aromatic rings. The average Bonchev–Trinajstić information content (AvgIpc) is 2.25. The van der Waals surface area contributed by atoms with Crippen LogP contribution in [0.25, 0.3) is 0 Å². The number of nitrogens with one attached hydrogen (secondary N) is 1. The van der Waals surface area contributed by atoms with Crippen molar-refractivity contribution in [3.63, 3.8) is 0 Å². The molecule has 1 saturated heterocycles. The van der Waals surface area contributed by atoms with Crippen LogP contribution in [0.3, 0.4) is 0 Å². The Balaban J connectivity index is 2.00. The molecule has 1 atom stereocenters. The summed E-state index contributed by atoms with van der Waals surface area (Å²) >= 11 is 1.93. The molecule has 1 N–H and O–H groups in total. The summed E-state index contributed by atoms with van der Waals surface area (Å²) in [5.74, 6) is 1.26. The lowest BCUT2D eigenvalue weighted by molar-refractivity contribution is 0.299. The highest BCUT2D eigenvalue weighted by molar-refractivity contribution is 7.98. The average molecular weight is 216 g/mol. The largest absolute Gasteiger partial charge is 0.314 e. The first-order valence-corrected chi connectivity index (χ1v) is 7.13. The Bertz CT molecular complexity index is 135. The number of hydrogen-bond donors (Lipinski definition) is 1. The number of piperidine rings is 1. The Kier molecular flexibility index (Phi) is 6.65. The highest BCUT2D eigenvalue weighted by Crippen LogP contribution is 2.10. The number of hydrogen-bond acceptors (Lipinski definition) is 3. The minimum absolute atomic E-state index is 0.792. The van der Waals surface area contributed by atoms with E-state index in [9.17, 15) is 0 Å². The Hall–Kier alpha value is 0.270. The van der Waals surface area contributed by atoms with Gasteiger partial charge < -0.3 is 10.2 Å². The highest BCUT2D eigenvalue weighted by atomic mass is 32.2. The summed E-state index contributed by atoms with van der Waals surface area (Å²) in [4.78, 5) is 2.45. The predicted octanol–water partition coefficient (Wildman–Crippen LogP) is 1.81. The van der Waals surface area contributed by atoms with Crippen molar-refractivity contribution in [3.8, 4) is 0 Å². The van der Waals surface area contributed by atoms with Crippen LogP contribution in [0.1, 0.15) is 25.7 Å². The number of thioether (sulfide) groups is 1. The zero-order chi connectivity index (χ0) is 10.2. The smallest absolute Gasteiger partial charge is 0.00792 e. The van der Waals surface area contributed by atoms with E-state index in [1.165, 1.54) is 51.1 Å². The standard InChI is InChI=1S/C11H24N2S/c1-13(9-10-14-2)8-6-11-5-3-4-7-12-11/h11-12H,3-10H2,1-2H3. The topological polar surface area (TPSA) is 15.3 Å². The van der Waals surface area contributed by atoms with Crippen molar-refractivity contribution in [1.82, 2.24) is 10.2 Å². The van der Waals surface area contributed by atoms with Gasteiger partial charge in [0.2, 0.25) is 0 Å². The first-order chi connectivity index (χ1) is 6.83. The second kappa shape index (κ2) is 7.55. The molecule has 1 aliphatic rings. The van der Waals surface area contributed by atoms with Crippen molar-refractivity contribution in [2.75, 3.05) is 38.7 Å². The monoisotopic (exact) mass is 216 g/mol. The van der Waals surface area contributed by atoms with E-state index in [0.29, 0.717) is 0 Å². The van der Waals surface area contributed by atoms with Gasteiger partial charge >= 0.3 is 0 Å². The van der Waals surface area contributed by atoms with Crippen LogP contribution in [0.5, 0.6) is 0 Å². The third kappa shape index (κ3) is 5.23. The molecule has 0 aliphatic carbocycles. The number of nitrogens with zero attached hydrogens (tertiary/aromatic N) is 1. The Morgan fingerprint density at radius 2 is 2.21 bits per heavy atom.